The lowest BCUT2D eigenvalue weighted by molar-refractivity contribution is -0.392. The molecule has 3 fully saturated rings. The summed E-state index contributed by atoms with van der Waals surface area (Å²) in [4.78, 5) is 41.7. The number of esters is 3. The van der Waals surface area contributed by atoms with Gasteiger partial charge in [-0.1, -0.05) is 146 Å². The zero-order valence-electron chi connectivity index (χ0n) is 37.7. The van der Waals surface area contributed by atoms with Crippen molar-refractivity contribution in [3.05, 3.63) is 215 Å². The van der Waals surface area contributed by atoms with Gasteiger partial charge in [0.1, 0.15) is 43.2 Å². The van der Waals surface area contributed by atoms with Crippen molar-refractivity contribution in [1.29, 1.82) is 0 Å². The van der Waals surface area contributed by atoms with Gasteiger partial charge in [0, 0.05) is 12.7 Å². The van der Waals surface area contributed by atoms with E-state index < -0.39 is 92.2 Å². The number of benzene rings is 6. The molecule has 0 spiro atoms. The predicted octanol–water partition coefficient (Wildman–Crippen LogP) is 8.06. The molecule has 3 aliphatic rings. The first-order valence-corrected chi connectivity index (χ1v) is 22.8. The average Bonchev–Trinajstić information content (AvgIpc) is 3.41. The van der Waals surface area contributed by atoms with Crippen LogP contribution in [0, 0.1) is 0 Å². The molecule has 6 aromatic carbocycles. The summed E-state index contributed by atoms with van der Waals surface area (Å²) in [5, 5.41) is 0. The maximum Gasteiger partial charge on any atom is 0.338 e. The molecule has 1 unspecified atom stereocenters. The summed E-state index contributed by atoms with van der Waals surface area (Å²) >= 11 is 0. The first-order valence-electron chi connectivity index (χ1n) is 22.8. The minimum Gasteiger partial charge on any atom is -0.459 e. The average molecular weight is 937 g/mol. The van der Waals surface area contributed by atoms with E-state index in [9.17, 15) is 14.4 Å². The summed E-state index contributed by atoms with van der Waals surface area (Å²) in [5.74, 6) is -2.17. The fourth-order valence-electron chi connectivity index (χ4n) is 8.46. The standard InChI is InChI=1S/C55H52O14/c1-59-54-49(67-52(58)40-28-16-6-17-29-40)47(66-51(57)39-26-14-5-15-27-39)45(42(64-54)34-62-50(56)38-24-12-4-13-25-38)69-55-48(61-33-37-22-10-3-11-23-37)46(60-32-36-20-8-2-9-21-36)44-43(65-55)35-63-53(68-44)41-30-18-7-19-31-41/h2-31,42-49,53-55H,32-35H2,1H3/t42-,43-,44+,45-,46+,47+,48-,49-,53?,54+,55-/m1/s1. The van der Waals surface area contributed by atoms with Crippen LogP contribution in [0.4, 0.5) is 0 Å². The van der Waals surface area contributed by atoms with Crippen LogP contribution in [-0.4, -0.2) is 99.6 Å². The van der Waals surface area contributed by atoms with Gasteiger partial charge in [-0.3, -0.25) is 0 Å². The lowest BCUT2D eigenvalue weighted by Gasteiger charge is -2.51. The van der Waals surface area contributed by atoms with Crippen molar-refractivity contribution in [1.82, 2.24) is 0 Å². The second-order valence-corrected chi connectivity index (χ2v) is 16.6. The van der Waals surface area contributed by atoms with E-state index in [0.717, 1.165) is 16.7 Å². The molecule has 9 rings (SSSR count). The molecular formula is C55H52O14. The highest BCUT2D eigenvalue weighted by Gasteiger charge is 2.57. The molecule has 14 nitrogen and oxygen atoms in total. The molecule has 3 aliphatic heterocycles. The third-order valence-electron chi connectivity index (χ3n) is 11.9. The minimum atomic E-state index is -1.48. The van der Waals surface area contributed by atoms with Crippen LogP contribution in [0.3, 0.4) is 0 Å². The summed E-state index contributed by atoms with van der Waals surface area (Å²) in [6.07, 6.45) is -12.4. The van der Waals surface area contributed by atoms with Crippen LogP contribution in [0.25, 0.3) is 0 Å². The Bertz CT molecular complexity index is 2540. The van der Waals surface area contributed by atoms with Crippen LogP contribution in [0.2, 0.25) is 0 Å². The minimum absolute atomic E-state index is 0.0649. The summed E-state index contributed by atoms with van der Waals surface area (Å²) in [5.41, 5.74) is 3.27. The molecule has 0 radical (unpaired) electrons. The number of carbonyl (C=O) groups excluding carboxylic acids is 3. The molecule has 14 heteroatoms. The topological polar surface area (TPSA) is 153 Å². The molecule has 3 saturated heterocycles. The Morgan fingerprint density at radius 1 is 0.493 bits per heavy atom. The molecule has 0 amide bonds. The number of carbonyl (C=O) groups is 3. The van der Waals surface area contributed by atoms with Crippen LogP contribution < -0.4 is 0 Å². The Morgan fingerprint density at radius 2 is 0.971 bits per heavy atom. The molecule has 3 heterocycles. The third kappa shape index (κ3) is 11.8. The molecule has 6 aromatic rings. The van der Waals surface area contributed by atoms with Gasteiger partial charge in [-0.05, 0) is 47.5 Å². The Labute approximate surface area is 399 Å². The Hall–Kier alpha value is -6.59. The van der Waals surface area contributed by atoms with Crippen LogP contribution in [0.15, 0.2) is 182 Å². The number of fused-ring (bicyclic) bond motifs is 1. The van der Waals surface area contributed by atoms with E-state index in [-0.39, 0.29) is 36.5 Å². The van der Waals surface area contributed by atoms with E-state index in [4.69, 9.17) is 52.1 Å². The van der Waals surface area contributed by atoms with Crippen molar-refractivity contribution in [3.63, 3.8) is 0 Å². The van der Waals surface area contributed by atoms with Crippen LogP contribution in [0.5, 0.6) is 0 Å². The number of hydrogen-bond donors (Lipinski definition) is 0. The van der Waals surface area contributed by atoms with Gasteiger partial charge in [-0.25, -0.2) is 14.4 Å². The van der Waals surface area contributed by atoms with Crippen molar-refractivity contribution in [2.75, 3.05) is 20.3 Å². The lowest BCUT2D eigenvalue weighted by atomic mass is 9.95. The van der Waals surface area contributed by atoms with Gasteiger partial charge in [-0.2, -0.15) is 0 Å². The largest absolute Gasteiger partial charge is 0.459 e. The monoisotopic (exact) mass is 936 g/mol. The highest BCUT2D eigenvalue weighted by Crippen LogP contribution is 2.40. The van der Waals surface area contributed by atoms with E-state index in [0.29, 0.717) is 0 Å². The smallest absolute Gasteiger partial charge is 0.338 e. The van der Waals surface area contributed by atoms with E-state index in [1.807, 2.05) is 91.0 Å². The molecule has 11 atom stereocenters. The van der Waals surface area contributed by atoms with E-state index in [2.05, 4.69) is 0 Å². The molecule has 356 valence electrons. The van der Waals surface area contributed by atoms with Crippen LogP contribution >= 0.6 is 0 Å². The van der Waals surface area contributed by atoms with Gasteiger partial charge in [0.15, 0.2) is 31.1 Å². The Kier molecular flexibility index (Phi) is 15.9. The van der Waals surface area contributed by atoms with E-state index in [1.165, 1.54) is 7.11 Å². The summed E-state index contributed by atoms with van der Waals surface area (Å²) in [6.45, 7) is -0.0911. The Balaban J connectivity index is 1.11. The molecular weight excluding hydrogens is 885 g/mol. The second-order valence-electron chi connectivity index (χ2n) is 16.6. The molecule has 0 bridgehead atoms. The van der Waals surface area contributed by atoms with Crippen molar-refractivity contribution >= 4 is 17.9 Å². The molecule has 0 aliphatic carbocycles. The normalized spacial score (nSPS) is 26.5. The first kappa shape index (κ1) is 47.5. The number of ether oxygens (including phenoxy) is 11. The summed E-state index contributed by atoms with van der Waals surface area (Å²) in [6, 6.07) is 53.9. The van der Waals surface area contributed by atoms with Crippen molar-refractivity contribution in [3.8, 4) is 0 Å². The Morgan fingerprint density at radius 3 is 1.51 bits per heavy atom. The van der Waals surface area contributed by atoms with Gasteiger partial charge in [0.25, 0.3) is 0 Å². The predicted molar refractivity (Wildman–Crippen MR) is 247 cm³/mol. The maximum absolute atomic E-state index is 14.2. The highest BCUT2D eigenvalue weighted by molar-refractivity contribution is 5.90. The van der Waals surface area contributed by atoms with Crippen molar-refractivity contribution in [2.24, 2.45) is 0 Å². The maximum atomic E-state index is 14.2. The van der Waals surface area contributed by atoms with Gasteiger partial charge in [0.2, 0.25) is 0 Å². The fourth-order valence-corrected chi connectivity index (χ4v) is 8.46. The van der Waals surface area contributed by atoms with Gasteiger partial charge in [0.05, 0.1) is 36.5 Å². The fraction of sp³-hybridized carbons (Fsp3) is 0.291. The van der Waals surface area contributed by atoms with E-state index >= 15 is 0 Å². The van der Waals surface area contributed by atoms with Crippen molar-refractivity contribution in [2.45, 2.75) is 80.9 Å². The quantitative estimate of drug-likeness (QED) is 0.0640. The SMILES string of the molecule is CO[C@H]1O[C@H](COC(=O)c2ccccc2)[C@@H](O[C@H]2O[C@@H]3COC(c4ccccc4)O[C@@H]3[C@H](OCc3ccccc3)[C@H]2OCc2ccccc2)[C@H](OC(=O)c2ccccc2)[C@H]1OC(=O)c1ccccc1. The molecule has 0 N–H and O–H groups in total. The third-order valence-corrected chi connectivity index (χ3v) is 11.9. The number of hydrogen-bond acceptors (Lipinski definition) is 14. The second kappa shape index (κ2) is 23.1. The van der Waals surface area contributed by atoms with E-state index in [1.54, 1.807) is 91.0 Å². The highest BCUT2D eigenvalue weighted by atomic mass is 16.8. The first-order chi connectivity index (χ1) is 33.9. The number of rotatable bonds is 17. The van der Waals surface area contributed by atoms with Crippen molar-refractivity contribution < 1.29 is 66.5 Å². The van der Waals surface area contributed by atoms with Gasteiger partial charge < -0.3 is 52.1 Å². The van der Waals surface area contributed by atoms with Crippen LogP contribution in [-0.2, 0) is 65.3 Å². The molecule has 0 aromatic heterocycles. The van der Waals surface area contributed by atoms with Gasteiger partial charge >= 0.3 is 17.9 Å². The zero-order chi connectivity index (χ0) is 47.4. The molecule has 0 saturated carbocycles. The van der Waals surface area contributed by atoms with Crippen LogP contribution in [0.1, 0.15) is 54.1 Å². The zero-order valence-corrected chi connectivity index (χ0v) is 37.7. The lowest BCUT2D eigenvalue weighted by Crippen LogP contribution is -2.67. The van der Waals surface area contributed by atoms with Gasteiger partial charge in [-0.15, -0.1) is 0 Å². The molecule has 69 heavy (non-hydrogen) atoms. The summed E-state index contributed by atoms with van der Waals surface area (Å²) in [7, 11) is 1.36. The number of methoxy groups -OCH3 is 1. The summed E-state index contributed by atoms with van der Waals surface area (Å²) < 4.78 is 71.6.